The van der Waals surface area contributed by atoms with Crippen LogP contribution in [0.3, 0.4) is 0 Å². The predicted molar refractivity (Wildman–Crippen MR) is 109 cm³/mol. The molecule has 0 spiro atoms. The van der Waals surface area contributed by atoms with Crippen LogP contribution in [-0.4, -0.2) is 25.5 Å². The SMILES string of the molecule is O=C(Cn1ccc(-c2cccc(Cl)c2)n1)Nc1cnn(Cc2ccccc2)c1. The number of hydrogen-bond acceptors (Lipinski definition) is 3. The summed E-state index contributed by atoms with van der Waals surface area (Å²) >= 11 is 6.02. The van der Waals surface area contributed by atoms with Crippen molar-refractivity contribution in [3.63, 3.8) is 0 Å². The summed E-state index contributed by atoms with van der Waals surface area (Å²) in [6, 6.07) is 19.3. The number of nitrogens with zero attached hydrogens (tertiary/aromatic N) is 4. The molecule has 0 fully saturated rings. The van der Waals surface area contributed by atoms with Gasteiger partial charge in [0.1, 0.15) is 6.54 Å². The van der Waals surface area contributed by atoms with Crippen LogP contribution in [0.2, 0.25) is 5.02 Å². The molecule has 0 unspecified atom stereocenters. The Morgan fingerprint density at radius 3 is 2.71 bits per heavy atom. The third-order valence-corrected chi connectivity index (χ3v) is 4.41. The van der Waals surface area contributed by atoms with Gasteiger partial charge in [0, 0.05) is 23.0 Å². The van der Waals surface area contributed by atoms with Crippen LogP contribution in [-0.2, 0) is 17.9 Å². The van der Waals surface area contributed by atoms with Gasteiger partial charge in [-0.25, -0.2) is 0 Å². The van der Waals surface area contributed by atoms with Gasteiger partial charge in [-0.2, -0.15) is 10.2 Å². The second-order valence-electron chi connectivity index (χ2n) is 6.37. The van der Waals surface area contributed by atoms with E-state index in [0.717, 1.165) is 16.8 Å². The smallest absolute Gasteiger partial charge is 0.246 e. The van der Waals surface area contributed by atoms with Crippen LogP contribution in [0.25, 0.3) is 11.3 Å². The molecule has 0 aliphatic rings. The number of rotatable bonds is 6. The Balaban J connectivity index is 1.36. The van der Waals surface area contributed by atoms with Gasteiger partial charge in [-0.15, -0.1) is 0 Å². The topological polar surface area (TPSA) is 64.7 Å². The molecular formula is C21H18ClN5O. The van der Waals surface area contributed by atoms with Gasteiger partial charge >= 0.3 is 0 Å². The van der Waals surface area contributed by atoms with Gasteiger partial charge in [-0.1, -0.05) is 54.1 Å². The number of anilines is 1. The summed E-state index contributed by atoms with van der Waals surface area (Å²) in [6.45, 7) is 0.767. The van der Waals surface area contributed by atoms with E-state index < -0.39 is 0 Å². The monoisotopic (exact) mass is 391 g/mol. The van der Waals surface area contributed by atoms with Crippen LogP contribution in [0, 0.1) is 0 Å². The van der Waals surface area contributed by atoms with Crippen LogP contribution < -0.4 is 5.32 Å². The molecule has 1 N–H and O–H groups in total. The lowest BCUT2D eigenvalue weighted by Gasteiger charge is -2.03. The highest BCUT2D eigenvalue weighted by Crippen LogP contribution is 2.20. The Bertz CT molecular complexity index is 1090. The fraction of sp³-hybridized carbons (Fsp3) is 0.0952. The van der Waals surface area contributed by atoms with E-state index in [2.05, 4.69) is 15.5 Å². The summed E-state index contributed by atoms with van der Waals surface area (Å²) < 4.78 is 3.38. The molecule has 0 bridgehead atoms. The van der Waals surface area contributed by atoms with E-state index >= 15 is 0 Å². The van der Waals surface area contributed by atoms with Crippen molar-refractivity contribution in [2.75, 3.05) is 5.32 Å². The molecular weight excluding hydrogens is 374 g/mol. The second-order valence-corrected chi connectivity index (χ2v) is 6.81. The molecule has 28 heavy (non-hydrogen) atoms. The summed E-state index contributed by atoms with van der Waals surface area (Å²) in [5.74, 6) is -0.167. The molecule has 0 aliphatic carbocycles. The quantitative estimate of drug-likeness (QED) is 0.538. The molecule has 0 radical (unpaired) electrons. The van der Waals surface area contributed by atoms with E-state index in [0.29, 0.717) is 17.3 Å². The molecule has 4 aromatic rings. The van der Waals surface area contributed by atoms with Gasteiger partial charge in [-0.3, -0.25) is 14.2 Å². The molecule has 140 valence electrons. The number of amides is 1. The van der Waals surface area contributed by atoms with Crippen molar-refractivity contribution in [1.29, 1.82) is 0 Å². The zero-order valence-electron chi connectivity index (χ0n) is 15.0. The van der Waals surface area contributed by atoms with Gasteiger partial charge in [0.2, 0.25) is 5.91 Å². The highest BCUT2D eigenvalue weighted by molar-refractivity contribution is 6.30. The summed E-state index contributed by atoms with van der Waals surface area (Å²) in [6.07, 6.45) is 5.22. The second kappa shape index (κ2) is 8.10. The molecule has 2 aromatic heterocycles. The predicted octanol–water partition coefficient (Wildman–Crippen LogP) is 4.09. The van der Waals surface area contributed by atoms with E-state index in [4.69, 9.17) is 11.6 Å². The van der Waals surface area contributed by atoms with E-state index in [1.54, 1.807) is 21.8 Å². The zero-order valence-corrected chi connectivity index (χ0v) is 15.8. The third-order valence-electron chi connectivity index (χ3n) is 4.17. The van der Waals surface area contributed by atoms with Gasteiger partial charge in [-0.05, 0) is 23.8 Å². The Labute approximate surface area is 167 Å². The van der Waals surface area contributed by atoms with Gasteiger partial charge in [0.15, 0.2) is 0 Å². The Hall–Kier alpha value is -3.38. The number of hydrogen-bond donors (Lipinski definition) is 1. The van der Waals surface area contributed by atoms with Gasteiger partial charge in [0.25, 0.3) is 0 Å². The molecule has 0 saturated carbocycles. The average Bonchev–Trinajstić information content (AvgIpc) is 3.32. The van der Waals surface area contributed by atoms with Crippen molar-refractivity contribution in [2.24, 2.45) is 0 Å². The van der Waals surface area contributed by atoms with Crippen molar-refractivity contribution in [3.8, 4) is 11.3 Å². The summed E-state index contributed by atoms with van der Waals surface area (Å²) in [5.41, 5.74) is 3.48. The van der Waals surface area contributed by atoms with E-state index in [9.17, 15) is 4.79 Å². The average molecular weight is 392 g/mol. The van der Waals surface area contributed by atoms with Gasteiger partial charge in [0.05, 0.1) is 24.1 Å². The summed E-state index contributed by atoms with van der Waals surface area (Å²) in [4.78, 5) is 12.3. The van der Waals surface area contributed by atoms with Crippen molar-refractivity contribution >= 4 is 23.2 Å². The number of carbonyl (C=O) groups excluding carboxylic acids is 1. The fourth-order valence-electron chi connectivity index (χ4n) is 2.88. The number of aromatic nitrogens is 4. The molecule has 2 heterocycles. The van der Waals surface area contributed by atoms with Crippen molar-refractivity contribution in [1.82, 2.24) is 19.6 Å². The van der Waals surface area contributed by atoms with Crippen LogP contribution in [0.4, 0.5) is 5.69 Å². The fourth-order valence-corrected chi connectivity index (χ4v) is 3.07. The molecule has 2 aromatic carbocycles. The minimum atomic E-state index is -0.167. The van der Waals surface area contributed by atoms with E-state index in [1.807, 2.05) is 66.9 Å². The molecule has 0 saturated heterocycles. The maximum Gasteiger partial charge on any atom is 0.246 e. The van der Waals surface area contributed by atoms with Gasteiger partial charge < -0.3 is 5.32 Å². The first-order chi connectivity index (χ1) is 13.7. The minimum absolute atomic E-state index is 0.116. The standard InChI is InChI=1S/C21H18ClN5O/c22-18-8-4-7-17(11-18)20-9-10-26(25-20)15-21(28)24-19-12-23-27(14-19)13-16-5-2-1-3-6-16/h1-12,14H,13,15H2,(H,24,28). The Morgan fingerprint density at radius 1 is 1.04 bits per heavy atom. The zero-order chi connectivity index (χ0) is 19.3. The maximum atomic E-state index is 12.3. The van der Waals surface area contributed by atoms with Crippen LogP contribution in [0.15, 0.2) is 79.3 Å². The largest absolute Gasteiger partial charge is 0.322 e. The third kappa shape index (κ3) is 4.47. The molecule has 0 aliphatic heterocycles. The number of nitrogens with one attached hydrogen (secondary N) is 1. The molecule has 4 rings (SSSR count). The normalized spacial score (nSPS) is 10.8. The Kier molecular flexibility index (Phi) is 5.21. The number of carbonyl (C=O) groups is 1. The van der Waals surface area contributed by atoms with Crippen molar-refractivity contribution in [2.45, 2.75) is 13.1 Å². The molecule has 6 nitrogen and oxygen atoms in total. The molecule has 0 atom stereocenters. The number of halogens is 1. The van der Waals surface area contributed by atoms with Crippen LogP contribution in [0.5, 0.6) is 0 Å². The number of benzene rings is 2. The maximum absolute atomic E-state index is 12.3. The lowest BCUT2D eigenvalue weighted by Crippen LogP contribution is -2.18. The first kappa shape index (κ1) is 18.0. The molecule has 1 amide bonds. The first-order valence-electron chi connectivity index (χ1n) is 8.81. The van der Waals surface area contributed by atoms with E-state index in [-0.39, 0.29) is 12.5 Å². The summed E-state index contributed by atoms with van der Waals surface area (Å²) in [7, 11) is 0. The van der Waals surface area contributed by atoms with Crippen molar-refractivity contribution in [3.05, 3.63) is 89.8 Å². The summed E-state index contributed by atoms with van der Waals surface area (Å²) in [5, 5.41) is 12.2. The lowest BCUT2D eigenvalue weighted by molar-refractivity contribution is -0.116. The van der Waals surface area contributed by atoms with Crippen LogP contribution in [0.1, 0.15) is 5.56 Å². The lowest BCUT2D eigenvalue weighted by atomic mass is 10.2. The highest BCUT2D eigenvalue weighted by atomic mass is 35.5. The van der Waals surface area contributed by atoms with Crippen molar-refractivity contribution < 1.29 is 4.79 Å². The molecule has 7 heteroatoms. The highest BCUT2D eigenvalue weighted by Gasteiger charge is 2.09. The first-order valence-corrected chi connectivity index (χ1v) is 9.19. The Morgan fingerprint density at radius 2 is 1.89 bits per heavy atom. The minimum Gasteiger partial charge on any atom is -0.322 e. The van der Waals surface area contributed by atoms with Crippen LogP contribution >= 0.6 is 11.6 Å². The van der Waals surface area contributed by atoms with E-state index in [1.165, 1.54) is 0 Å².